The van der Waals surface area contributed by atoms with Crippen LogP contribution in [0.1, 0.15) is 30.9 Å². The van der Waals surface area contributed by atoms with E-state index in [1.807, 2.05) is 0 Å². The van der Waals surface area contributed by atoms with Gasteiger partial charge in [0.15, 0.2) is 0 Å². The Morgan fingerprint density at radius 1 is 1.42 bits per heavy atom. The highest BCUT2D eigenvalue weighted by atomic mass is 32.2. The van der Waals surface area contributed by atoms with Gasteiger partial charge in [0, 0.05) is 6.04 Å². The van der Waals surface area contributed by atoms with Gasteiger partial charge in [-0.25, -0.2) is 12.8 Å². The molecule has 1 aliphatic heterocycles. The SMILES string of the molecule is O=C(O)C[C@H]1c2cc(F)ccc2S(=O)(=O)N1C1CC1. The second-order valence-corrected chi connectivity index (χ2v) is 6.67. The molecule has 0 bridgehead atoms. The maximum atomic E-state index is 13.3. The zero-order chi connectivity index (χ0) is 13.8. The fourth-order valence-electron chi connectivity index (χ4n) is 2.58. The van der Waals surface area contributed by atoms with Gasteiger partial charge < -0.3 is 5.11 Å². The van der Waals surface area contributed by atoms with Crippen molar-refractivity contribution in [3.63, 3.8) is 0 Å². The molecule has 1 atom stereocenters. The molecule has 2 aliphatic rings. The number of halogens is 1. The van der Waals surface area contributed by atoms with E-state index < -0.39 is 27.9 Å². The monoisotopic (exact) mass is 285 g/mol. The Kier molecular flexibility index (Phi) is 2.65. The normalized spacial score (nSPS) is 25.2. The van der Waals surface area contributed by atoms with Crippen LogP contribution in [0.2, 0.25) is 0 Å². The number of fused-ring (bicyclic) bond motifs is 1. The number of benzene rings is 1. The van der Waals surface area contributed by atoms with Gasteiger partial charge in [-0.1, -0.05) is 0 Å². The molecule has 3 rings (SSSR count). The standard InChI is InChI=1S/C12H12FNO4S/c13-7-1-4-11-9(5-7)10(6-12(15)16)14(8-2-3-8)19(11,17)18/h1,4-5,8,10H,2-3,6H2,(H,15,16)/t10-/m0/s1. The molecule has 1 aromatic rings. The number of rotatable bonds is 3. The molecule has 0 amide bonds. The van der Waals surface area contributed by atoms with Crippen molar-refractivity contribution in [3.8, 4) is 0 Å². The predicted molar refractivity (Wildman–Crippen MR) is 63.4 cm³/mol. The molecule has 0 spiro atoms. The van der Waals surface area contributed by atoms with Crippen molar-refractivity contribution < 1.29 is 22.7 Å². The first-order valence-corrected chi connectivity index (χ1v) is 7.40. The molecule has 1 aliphatic carbocycles. The van der Waals surface area contributed by atoms with Crippen LogP contribution in [-0.4, -0.2) is 29.8 Å². The first-order valence-electron chi connectivity index (χ1n) is 5.96. The number of nitrogens with zero attached hydrogens (tertiary/aromatic N) is 1. The molecule has 0 unspecified atom stereocenters. The van der Waals surface area contributed by atoms with Gasteiger partial charge in [-0.3, -0.25) is 4.79 Å². The average Bonchev–Trinajstić information content (AvgIpc) is 3.08. The van der Waals surface area contributed by atoms with Crippen molar-refractivity contribution >= 4 is 16.0 Å². The van der Waals surface area contributed by atoms with Crippen molar-refractivity contribution in [1.29, 1.82) is 0 Å². The summed E-state index contributed by atoms with van der Waals surface area (Å²) in [6, 6.07) is 2.50. The van der Waals surface area contributed by atoms with Gasteiger partial charge in [0.1, 0.15) is 5.82 Å². The summed E-state index contributed by atoms with van der Waals surface area (Å²) in [7, 11) is -3.69. The highest BCUT2D eigenvalue weighted by Crippen LogP contribution is 2.47. The van der Waals surface area contributed by atoms with E-state index in [2.05, 4.69) is 0 Å². The summed E-state index contributed by atoms with van der Waals surface area (Å²) in [5, 5.41) is 8.94. The van der Waals surface area contributed by atoms with Crippen LogP contribution in [0.3, 0.4) is 0 Å². The largest absolute Gasteiger partial charge is 0.481 e. The molecule has 1 fully saturated rings. The zero-order valence-electron chi connectivity index (χ0n) is 9.91. The van der Waals surface area contributed by atoms with Crippen molar-refractivity contribution in [2.75, 3.05) is 0 Å². The minimum absolute atomic E-state index is 0.0343. The van der Waals surface area contributed by atoms with E-state index >= 15 is 0 Å². The molecular formula is C12H12FNO4S. The van der Waals surface area contributed by atoms with Crippen LogP contribution in [0.4, 0.5) is 4.39 Å². The lowest BCUT2D eigenvalue weighted by molar-refractivity contribution is -0.138. The summed E-state index contributed by atoms with van der Waals surface area (Å²) in [6.45, 7) is 0. The third-order valence-electron chi connectivity index (χ3n) is 3.47. The summed E-state index contributed by atoms with van der Waals surface area (Å²) in [5.74, 6) is -1.65. The van der Waals surface area contributed by atoms with Gasteiger partial charge in [0.25, 0.3) is 0 Å². The minimum atomic E-state index is -3.69. The van der Waals surface area contributed by atoms with Crippen LogP contribution >= 0.6 is 0 Å². The molecule has 1 heterocycles. The topological polar surface area (TPSA) is 74.7 Å². The molecule has 1 saturated carbocycles. The third-order valence-corrected chi connectivity index (χ3v) is 5.50. The first kappa shape index (κ1) is 12.6. The fourth-order valence-corrected chi connectivity index (χ4v) is 4.66. The molecule has 0 radical (unpaired) electrons. The van der Waals surface area contributed by atoms with Gasteiger partial charge in [-0.05, 0) is 36.6 Å². The second-order valence-electron chi connectivity index (χ2n) is 4.86. The van der Waals surface area contributed by atoms with Gasteiger partial charge in [-0.15, -0.1) is 0 Å². The Morgan fingerprint density at radius 2 is 2.11 bits per heavy atom. The maximum Gasteiger partial charge on any atom is 0.305 e. The number of carboxylic acids is 1. The van der Waals surface area contributed by atoms with Crippen molar-refractivity contribution in [2.24, 2.45) is 0 Å². The van der Waals surface area contributed by atoms with Crippen molar-refractivity contribution in [3.05, 3.63) is 29.6 Å². The summed E-state index contributed by atoms with van der Waals surface area (Å²) < 4.78 is 39.3. The predicted octanol–water partition coefficient (Wildman–Crippen LogP) is 1.51. The summed E-state index contributed by atoms with van der Waals surface area (Å²) in [6.07, 6.45) is 1.11. The van der Waals surface area contributed by atoms with Crippen LogP contribution < -0.4 is 0 Å². The van der Waals surface area contributed by atoms with Crippen LogP contribution in [0.25, 0.3) is 0 Å². The molecule has 7 heteroatoms. The Morgan fingerprint density at radius 3 is 2.68 bits per heavy atom. The van der Waals surface area contributed by atoms with Gasteiger partial charge in [-0.2, -0.15) is 4.31 Å². The zero-order valence-corrected chi connectivity index (χ0v) is 10.7. The van der Waals surface area contributed by atoms with Gasteiger partial charge in [0.05, 0.1) is 17.4 Å². The lowest BCUT2D eigenvalue weighted by Gasteiger charge is -2.21. The van der Waals surface area contributed by atoms with E-state index in [0.29, 0.717) is 0 Å². The number of aliphatic carboxylic acids is 1. The molecule has 1 aromatic carbocycles. The van der Waals surface area contributed by atoms with Crippen molar-refractivity contribution in [1.82, 2.24) is 4.31 Å². The molecular weight excluding hydrogens is 273 g/mol. The molecule has 0 aromatic heterocycles. The van der Waals surface area contributed by atoms with E-state index in [1.165, 1.54) is 10.4 Å². The van der Waals surface area contributed by atoms with Crippen LogP contribution in [0.5, 0.6) is 0 Å². The molecule has 1 N–H and O–H groups in total. The van der Waals surface area contributed by atoms with Crippen LogP contribution in [0, 0.1) is 5.82 Å². The van der Waals surface area contributed by atoms with E-state index in [4.69, 9.17) is 5.11 Å². The molecule has 102 valence electrons. The lowest BCUT2D eigenvalue weighted by atomic mass is 10.0. The third kappa shape index (κ3) is 1.93. The Bertz CT molecular complexity index is 654. The van der Waals surface area contributed by atoms with E-state index in [9.17, 15) is 17.6 Å². The minimum Gasteiger partial charge on any atom is -0.481 e. The number of hydrogen-bond acceptors (Lipinski definition) is 3. The Balaban J connectivity index is 2.15. The van der Waals surface area contributed by atoms with E-state index in [1.54, 1.807) is 0 Å². The highest BCUT2D eigenvalue weighted by molar-refractivity contribution is 7.89. The molecule has 5 nitrogen and oxygen atoms in total. The molecule has 19 heavy (non-hydrogen) atoms. The number of sulfonamides is 1. The fraction of sp³-hybridized carbons (Fsp3) is 0.417. The maximum absolute atomic E-state index is 13.3. The summed E-state index contributed by atoms with van der Waals surface area (Å²) in [4.78, 5) is 11.0. The smallest absolute Gasteiger partial charge is 0.305 e. The average molecular weight is 285 g/mol. The van der Waals surface area contributed by atoms with E-state index in [-0.39, 0.29) is 22.9 Å². The van der Waals surface area contributed by atoms with Crippen LogP contribution in [-0.2, 0) is 14.8 Å². The van der Waals surface area contributed by atoms with Crippen LogP contribution in [0.15, 0.2) is 23.1 Å². The Labute approximate surface area is 109 Å². The second kappa shape index (κ2) is 4.01. The van der Waals surface area contributed by atoms with Crippen molar-refractivity contribution in [2.45, 2.75) is 36.2 Å². The first-order chi connectivity index (χ1) is 8.91. The molecule has 0 saturated heterocycles. The summed E-state index contributed by atoms with van der Waals surface area (Å²) in [5.41, 5.74) is 0.259. The highest BCUT2D eigenvalue weighted by Gasteiger charge is 2.50. The summed E-state index contributed by atoms with van der Waals surface area (Å²) >= 11 is 0. The van der Waals surface area contributed by atoms with E-state index in [0.717, 1.165) is 25.0 Å². The lowest BCUT2D eigenvalue weighted by Crippen LogP contribution is -2.31. The number of hydrogen-bond donors (Lipinski definition) is 1. The van der Waals surface area contributed by atoms with Gasteiger partial charge >= 0.3 is 5.97 Å². The quantitative estimate of drug-likeness (QED) is 0.913. The Hall–Kier alpha value is -1.47. The number of carbonyl (C=O) groups is 1. The number of carboxylic acid groups (broad SMARTS) is 1. The van der Waals surface area contributed by atoms with Gasteiger partial charge in [0.2, 0.25) is 10.0 Å².